The molecule has 8 heteroatoms. The normalized spacial score (nSPS) is 13.5. The minimum absolute atomic E-state index is 0.0728. The van der Waals surface area contributed by atoms with E-state index in [1.165, 1.54) is 25.1 Å². The SMILES string of the molecule is CC(=O)NCCC(O)C(O)c1ccc2oc(C(=O)O)cc(=O)c2c1. The predicted octanol–water partition coefficient (Wildman–Crippen LogP) is 0.412. The lowest BCUT2D eigenvalue weighted by atomic mass is 10.0. The third kappa shape index (κ3) is 3.98. The average molecular weight is 335 g/mol. The van der Waals surface area contributed by atoms with Gasteiger partial charge >= 0.3 is 5.97 Å². The van der Waals surface area contributed by atoms with Crippen molar-refractivity contribution in [3.05, 3.63) is 45.8 Å². The van der Waals surface area contributed by atoms with Gasteiger partial charge in [0.1, 0.15) is 11.7 Å². The molecule has 0 spiro atoms. The number of carboxylic acids is 1. The second-order valence-electron chi connectivity index (χ2n) is 5.32. The van der Waals surface area contributed by atoms with Crippen LogP contribution in [0.2, 0.25) is 0 Å². The maximum absolute atomic E-state index is 12.0. The molecule has 2 unspecified atom stereocenters. The first kappa shape index (κ1) is 17.6. The quantitative estimate of drug-likeness (QED) is 0.600. The highest BCUT2D eigenvalue weighted by atomic mass is 16.4. The Balaban J connectivity index is 2.25. The van der Waals surface area contributed by atoms with E-state index in [1.807, 2.05) is 0 Å². The summed E-state index contributed by atoms with van der Waals surface area (Å²) in [5.74, 6) is -2.07. The van der Waals surface area contributed by atoms with E-state index in [2.05, 4.69) is 5.32 Å². The van der Waals surface area contributed by atoms with E-state index < -0.39 is 29.4 Å². The number of carboxylic acid groups (broad SMARTS) is 1. The Morgan fingerprint density at radius 1 is 1.25 bits per heavy atom. The molecule has 0 aliphatic rings. The van der Waals surface area contributed by atoms with Crippen LogP contribution in [0.5, 0.6) is 0 Å². The maximum atomic E-state index is 12.0. The molecule has 0 aliphatic carbocycles. The second-order valence-corrected chi connectivity index (χ2v) is 5.32. The number of aromatic carboxylic acids is 1. The van der Waals surface area contributed by atoms with Crippen LogP contribution in [-0.4, -0.2) is 39.8 Å². The van der Waals surface area contributed by atoms with Crippen molar-refractivity contribution in [2.45, 2.75) is 25.6 Å². The topological polar surface area (TPSA) is 137 Å². The molecule has 0 saturated heterocycles. The molecule has 2 rings (SSSR count). The van der Waals surface area contributed by atoms with Crippen molar-refractivity contribution in [2.24, 2.45) is 0 Å². The summed E-state index contributed by atoms with van der Waals surface area (Å²) in [6, 6.07) is 5.00. The number of amides is 1. The van der Waals surface area contributed by atoms with Crippen molar-refractivity contribution in [3.63, 3.8) is 0 Å². The highest BCUT2D eigenvalue weighted by Crippen LogP contribution is 2.23. The fourth-order valence-corrected chi connectivity index (χ4v) is 2.24. The van der Waals surface area contributed by atoms with Gasteiger partial charge in [-0.05, 0) is 24.1 Å². The molecule has 0 radical (unpaired) electrons. The summed E-state index contributed by atoms with van der Waals surface area (Å²) >= 11 is 0. The van der Waals surface area contributed by atoms with Crippen molar-refractivity contribution in [1.29, 1.82) is 0 Å². The lowest BCUT2D eigenvalue weighted by Gasteiger charge is -2.18. The molecule has 0 aliphatic heterocycles. The number of rotatable bonds is 6. The van der Waals surface area contributed by atoms with Crippen molar-refractivity contribution in [1.82, 2.24) is 5.32 Å². The van der Waals surface area contributed by atoms with Gasteiger partial charge in [-0.3, -0.25) is 9.59 Å². The Morgan fingerprint density at radius 3 is 2.58 bits per heavy atom. The summed E-state index contributed by atoms with van der Waals surface area (Å²) in [5, 5.41) is 31.6. The molecule has 2 aromatic rings. The zero-order chi connectivity index (χ0) is 17.9. The first-order valence-electron chi connectivity index (χ1n) is 7.21. The third-order valence-electron chi connectivity index (χ3n) is 3.48. The molecule has 2 atom stereocenters. The maximum Gasteiger partial charge on any atom is 0.371 e. The van der Waals surface area contributed by atoms with E-state index in [1.54, 1.807) is 0 Å². The standard InChI is InChI=1S/C16H17NO7/c1-8(18)17-5-4-11(19)15(21)9-2-3-13-10(6-9)12(20)7-14(24-13)16(22)23/h2-3,6-7,11,15,19,21H,4-5H2,1H3,(H,17,18)(H,22,23). The van der Waals surface area contributed by atoms with Gasteiger partial charge in [-0.2, -0.15) is 0 Å². The summed E-state index contributed by atoms with van der Waals surface area (Å²) in [7, 11) is 0. The van der Waals surface area contributed by atoms with Gasteiger partial charge in [-0.1, -0.05) is 6.07 Å². The molecule has 1 aromatic carbocycles. The highest BCUT2D eigenvalue weighted by molar-refractivity contribution is 5.87. The van der Waals surface area contributed by atoms with E-state index >= 15 is 0 Å². The Morgan fingerprint density at radius 2 is 1.96 bits per heavy atom. The number of hydrogen-bond acceptors (Lipinski definition) is 6. The van der Waals surface area contributed by atoms with Crippen LogP contribution in [-0.2, 0) is 4.79 Å². The first-order valence-corrected chi connectivity index (χ1v) is 7.21. The number of aliphatic hydroxyl groups excluding tert-OH is 2. The number of carbonyl (C=O) groups is 2. The lowest BCUT2D eigenvalue weighted by Crippen LogP contribution is -2.27. The van der Waals surface area contributed by atoms with Crippen LogP contribution in [0.3, 0.4) is 0 Å². The van der Waals surface area contributed by atoms with Crippen LogP contribution in [0.1, 0.15) is 35.6 Å². The predicted molar refractivity (Wildman–Crippen MR) is 83.7 cm³/mol. The summed E-state index contributed by atoms with van der Waals surface area (Å²) in [4.78, 5) is 33.6. The van der Waals surface area contributed by atoms with E-state index in [0.717, 1.165) is 6.07 Å². The summed E-state index contributed by atoms with van der Waals surface area (Å²) < 4.78 is 5.10. The molecular formula is C16H17NO7. The van der Waals surface area contributed by atoms with Crippen LogP contribution >= 0.6 is 0 Å². The Hall–Kier alpha value is -2.71. The minimum atomic E-state index is -1.36. The number of fused-ring (bicyclic) bond motifs is 1. The fourth-order valence-electron chi connectivity index (χ4n) is 2.24. The molecule has 4 N–H and O–H groups in total. The van der Waals surface area contributed by atoms with Gasteiger partial charge in [0.05, 0.1) is 11.5 Å². The number of hydrogen-bond donors (Lipinski definition) is 4. The first-order chi connectivity index (χ1) is 11.3. The summed E-state index contributed by atoms with van der Waals surface area (Å²) in [5.41, 5.74) is -0.202. The van der Waals surface area contributed by atoms with Crippen molar-refractivity contribution < 1.29 is 29.3 Å². The summed E-state index contributed by atoms with van der Waals surface area (Å²) in [6.07, 6.45) is -2.27. The largest absolute Gasteiger partial charge is 0.475 e. The van der Waals surface area contributed by atoms with Crippen LogP contribution in [0, 0.1) is 0 Å². The van der Waals surface area contributed by atoms with Gasteiger partial charge < -0.3 is 25.1 Å². The molecule has 1 amide bonds. The smallest absolute Gasteiger partial charge is 0.371 e. The molecule has 0 bridgehead atoms. The van der Waals surface area contributed by atoms with Gasteiger partial charge in [0.2, 0.25) is 11.7 Å². The van der Waals surface area contributed by atoms with E-state index in [9.17, 15) is 24.6 Å². The molecule has 8 nitrogen and oxygen atoms in total. The third-order valence-corrected chi connectivity index (χ3v) is 3.48. The van der Waals surface area contributed by atoms with E-state index in [-0.39, 0.29) is 35.4 Å². The Kier molecular flexibility index (Phi) is 5.32. The van der Waals surface area contributed by atoms with Crippen molar-refractivity contribution in [3.8, 4) is 0 Å². The van der Waals surface area contributed by atoms with Gasteiger partial charge in [-0.15, -0.1) is 0 Å². The van der Waals surface area contributed by atoms with E-state index in [4.69, 9.17) is 9.52 Å². The molecule has 128 valence electrons. The zero-order valence-electron chi connectivity index (χ0n) is 12.9. The van der Waals surface area contributed by atoms with Crippen LogP contribution < -0.4 is 10.7 Å². The summed E-state index contributed by atoms with van der Waals surface area (Å²) in [6.45, 7) is 1.54. The molecule has 0 fully saturated rings. The zero-order valence-corrected chi connectivity index (χ0v) is 12.9. The second kappa shape index (κ2) is 7.24. The minimum Gasteiger partial charge on any atom is -0.475 e. The molecule has 24 heavy (non-hydrogen) atoms. The lowest BCUT2D eigenvalue weighted by molar-refractivity contribution is -0.119. The van der Waals surface area contributed by atoms with Gasteiger partial charge in [0.15, 0.2) is 5.43 Å². The van der Waals surface area contributed by atoms with Gasteiger partial charge in [-0.25, -0.2) is 4.79 Å². The van der Waals surface area contributed by atoms with Crippen molar-refractivity contribution >= 4 is 22.8 Å². The number of nitrogens with one attached hydrogen (secondary N) is 1. The number of benzene rings is 1. The fraction of sp³-hybridized carbons (Fsp3) is 0.312. The monoisotopic (exact) mass is 335 g/mol. The van der Waals surface area contributed by atoms with Crippen LogP contribution in [0.4, 0.5) is 0 Å². The highest BCUT2D eigenvalue weighted by Gasteiger charge is 2.20. The van der Waals surface area contributed by atoms with Crippen LogP contribution in [0.25, 0.3) is 11.0 Å². The van der Waals surface area contributed by atoms with Gasteiger partial charge in [0.25, 0.3) is 0 Å². The Bertz CT molecular complexity index is 827. The van der Waals surface area contributed by atoms with E-state index in [0.29, 0.717) is 0 Å². The molecule has 0 saturated carbocycles. The Labute approximate surface area is 136 Å². The molecule has 1 aromatic heterocycles. The van der Waals surface area contributed by atoms with Crippen molar-refractivity contribution in [2.75, 3.05) is 6.54 Å². The van der Waals surface area contributed by atoms with Crippen LogP contribution in [0.15, 0.2) is 33.5 Å². The molecule has 1 heterocycles. The van der Waals surface area contributed by atoms with Gasteiger partial charge in [0, 0.05) is 19.5 Å². The number of aliphatic hydroxyl groups is 2. The molecular weight excluding hydrogens is 318 g/mol. The average Bonchev–Trinajstić information content (AvgIpc) is 2.53. The number of carbonyl (C=O) groups excluding carboxylic acids is 1.